The second kappa shape index (κ2) is 9.68. The van der Waals surface area contributed by atoms with Crippen LogP contribution in [0.4, 0.5) is 0 Å². The van der Waals surface area contributed by atoms with Crippen molar-refractivity contribution in [1.29, 1.82) is 0 Å². The molecular formula is C21H22N2O5. The normalized spacial score (nSPS) is 11.9. The molecule has 146 valence electrons. The van der Waals surface area contributed by atoms with Gasteiger partial charge in [-0.2, -0.15) is 0 Å². The third-order valence-corrected chi connectivity index (χ3v) is 4.21. The molecule has 3 rings (SSSR count). The molecule has 7 nitrogen and oxygen atoms in total. The first-order valence-electron chi connectivity index (χ1n) is 8.81. The molecule has 0 saturated heterocycles. The molecule has 0 aliphatic heterocycles. The Morgan fingerprint density at radius 1 is 1.14 bits per heavy atom. The van der Waals surface area contributed by atoms with Crippen molar-refractivity contribution < 1.29 is 24.1 Å². The van der Waals surface area contributed by atoms with E-state index in [1.54, 1.807) is 43.9 Å². The lowest BCUT2D eigenvalue weighted by atomic mass is 10.1. The first-order chi connectivity index (χ1) is 13.7. The number of imidazole rings is 1. The zero-order valence-corrected chi connectivity index (χ0v) is 15.5. The fraction of sp³-hybridized carbons (Fsp3) is 0.238. The summed E-state index contributed by atoms with van der Waals surface area (Å²) in [4.78, 5) is 15.3. The second-order valence-electron chi connectivity index (χ2n) is 6.02. The van der Waals surface area contributed by atoms with Crippen LogP contribution in [0, 0.1) is 0 Å². The van der Waals surface area contributed by atoms with Gasteiger partial charge in [-0.3, -0.25) is 0 Å². The third kappa shape index (κ3) is 4.97. The van der Waals surface area contributed by atoms with E-state index < -0.39 is 5.97 Å². The molecule has 1 aromatic heterocycles. The number of benzene rings is 2. The van der Waals surface area contributed by atoms with Gasteiger partial charge in [-0.15, -0.1) is 0 Å². The van der Waals surface area contributed by atoms with Crippen LogP contribution in [0.2, 0.25) is 0 Å². The van der Waals surface area contributed by atoms with E-state index in [4.69, 9.17) is 14.2 Å². The molecular weight excluding hydrogens is 360 g/mol. The summed E-state index contributed by atoms with van der Waals surface area (Å²) >= 11 is 0. The van der Waals surface area contributed by atoms with Crippen molar-refractivity contribution in [1.82, 2.24) is 9.55 Å². The van der Waals surface area contributed by atoms with Gasteiger partial charge in [0.15, 0.2) is 6.23 Å². The molecule has 3 aromatic rings. The molecule has 1 atom stereocenters. The zero-order valence-electron chi connectivity index (χ0n) is 15.5. The van der Waals surface area contributed by atoms with Crippen LogP contribution >= 0.6 is 0 Å². The Hall–Kier alpha value is -3.16. The highest BCUT2D eigenvalue weighted by Gasteiger charge is 2.14. The van der Waals surface area contributed by atoms with Crippen molar-refractivity contribution in [2.45, 2.75) is 12.8 Å². The largest absolute Gasteiger partial charge is 0.497 e. The monoisotopic (exact) mass is 382 g/mol. The zero-order chi connectivity index (χ0) is 19.8. The molecule has 7 heteroatoms. The fourth-order valence-corrected chi connectivity index (χ4v) is 2.79. The van der Waals surface area contributed by atoms with Crippen molar-refractivity contribution in [2.75, 3.05) is 20.3 Å². The van der Waals surface area contributed by atoms with E-state index in [1.165, 1.54) is 0 Å². The fourth-order valence-electron chi connectivity index (χ4n) is 2.79. The number of methoxy groups -OCH3 is 1. The van der Waals surface area contributed by atoms with Crippen LogP contribution in [0.1, 0.15) is 27.7 Å². The number of carboxylic acids is 1. The molecule has 2 aromatic carbocycles. The number of nitrogens with zero attached hydrogens (tertiary/aromatic N) is 2. The molecule has 28 heavy (non-hydrogen) atoms. The maximum atomic E-state index is 11.2. The molecule has 0 spiro atoms. The minimum absolute atomic E-state index is 0.212. The van der Waals surface area contributed by atoms with Crippen LogP contribution in [0.25, 0.3) is 0 Å². The van der Waals surface area contributed by atoms with E-state index in [1.807, 2.05) is 35.0 Å². The third-order valence-electron chi connectivity index (χ3n) is 4.21. The van der Waals surface area contributed by atoms with Crippen molar-refractivity contribution >= 4 is 5.97 Å². The number of ether oxygens (including phenoxy) is 3. The van der Waals surface area contributed by atoms with Crippen molar-refractivity contribution in [3.63, 3.8) is 0 Å². The van der Waals surface area contributed by atoms with Gasteiger partial charge in [-0.05, 0) is 23.8 Å². The first kappa shape index (κ1) is 19.6. The summed E-state index contributed by atoms with van der Waals surface area (Å²) in [6.07, 6.45) is 4.88. The summed E-state index contributed by atoms with van der Waals surface area (Å²) in [5, 5.41) is 9.21. The maximum absolute atomic E-state index is 11.2. The molecule has 1 unspecified atom stereocenters. The number of aromatic carboxylic acids is 1. The highest BCUT2D eigenvalue weighted by Crippen LogP contribution is 2.22. The maximum Gasteiger partial charge on any atom is 0.336 e. The van der Waals surface area contributed by atoms with Gasteiger partial charge >= 0.3 is 5.97 Å². The minimum atomic E-state index is -0.963. The molecule has 0 aliphatic carbocycles. The Morgan fingerprint density at radius 2 is 1.93 bits per heavy atom. The molecule has 0 bridgehead atoms. The number of aromatic nitrogens is 2. The van der Waals surface area contributed by atoms with E-state index in [9.17, 15) is 9.90 Å². The molecule has 0 amide bonds. The first-order valence-corrected chi connectivity index (χ1v) is 8.81. The second-order valence-corrected chi connectivity index (χ2v) is 6.02. The van der Waals surface area contributed by atoms with E-state index >= 15 is 0 Å². The predicted molar refractivity (Wildman–Crippen MR) is 102 cm³/mol. The lowest BCUT2D eigenvalue weighted by Crippen LogP contribution is -2.16. The number of carboxylic acid groups (broad SMARTS) is 1. The average Bonchev–Trinajstić information content (AvgIpc) is 3.25. The van der Waals surface area contributed by atoms with Crippen LogP contribution in [0.15, 0.2) is 67.3 Å². The van der Waals surface area contributed by atoms with Gasteiger partial charge in [0.05, 0.1) is 38.8 Å². The lowest BCUT2D eigenvalue weighted by Gasteiger charge is -2.20. The number of hydrogen-bond donors (Lipinski definition) is 1. The van der Waals surface area contributed by atoms with Gasteiger partial charge in [-0.1, -0.05) is 30.3 Å². The molecule has 1 heterocycles. The average molecular weight is 382 g/mol. The van der Waals surface area contributed by atoms with Gasteiger partial charge in [0.1, 0.15) is 5.75 Å². The summed E-state index contributed by atoms with van der Waals surface area (Å²) in [6, 6.07) is 14.4. The summed E-state index contributed by atoms with van der Waals surface area (Å²) in [5.41, 5.74) is 1.84. The van der Waals surface area contributed by atoms with Gasteiger partial charge in [-0.25, -0.2) is 9.78 Å². The smallest absolute Gasteiger partial charge is 0.336 e. The molecule has 0 fully saturated rings. The number of rotatable bonds is 10. The van der Waals surface area contributed by atoms with Crippen LogP contribution in [-0.4, -0.2) is 41.0 Å². The lowest BCUT2D eigenvalue weighted by molar-refractivity contribution is -0.0133. The Labute approximate surface area is 163 Å². The van der Waals surface area contributed by atoms with Crippen molar-refractivity contribution in [2.24, 2.45) is 0 Å². The van der Waals surface area contributed by atoms with Gasteiger partial charge < -0.3 is 23.9 Å². The van der Waals surface area contributed by atoms with Crippen LogP contribution in [0.3, 0.4) is 0 Å². The SMILES string of the molecule is COc1ccc(C(OCCOCc2ccccc2C(=O)O)n2ccnc2)cc1. The standard InChI is InChI=1S/C21H22N2O5/c1-26-18-8-6-16(7-9-18)20(23-11-10-22-15-23)28-13-12-27-14-17-4-2-3-5-19(17)21(24)25/h2-11,15,20H,12-14H2,1H3,(H,24,25). The molecule has 0 aliphatic rings. The number of hydrogen-bond acceptors (Lipinski definition) is 5. The Kier molecular flexibility index (Phi) is 6.78. The summed E-state index contributed by atoms with van der Waals surface area (Å²) in [6.45, 7) is 0.879. The van der Waals surface area contributed by atoms with E-state index in [0.717, 1.165) is 11.3 Å². The van der Waals surface area contributed by atoms with Crippen LogP contribution in [-0.2, 0) is 16.1 Å². The van der Waals surface area contributed by atoms with Crippen LogP contribution in [0.5, 0.6) is 5.75 Å². The molecule has 0 radical (unpaired) electrons. The summed E-state index contributed by atoms with van der Waals surface area (Å²) in [5.74, 6) is -0.191. The topological polar surface area (TPSA) is 82.8 Å². The quantitative estimate of drug-likeness (QED) is 0.542. The van der Waals surface area contributed by atoms with E-state index in [0.29, 0.717) is 18.8 Å². The minimum Gasteiger partial charge on any atom is -0.497 e. The van der Waals surface area contributed by atoms with Gasteiger partial charge in [0.2, 0.25) is 0 Å². The van der Waals surface area contributed by atoms with Crippen molar-refractivity contribution in [3.05, 3.63) is 83.9 Å². The predicted octanol–water partition coefficient (Wildman–Crippen LogP) is 3.37. The van der Waals surface area contributed by atoms with E-state index in [2.05, 4.69) is 4.98 Å². The van der Waals surface area contributed by atoms with Gasteiger partial charge in [0.25, 0.3) is 0 Å². The highest BCUT2D eigenvalue weighted by atomic mass is 16.5. The van der Waals surface area contributed by atoms with Gasteiger partial charge in [0, 0.05) is 18.0 Å². The highest BCUT2D eigenvalue weighted by molar-refractivity contribution is 5.89. The summed E-state index contributed by atoms with van der Waals surface area (Å²) in [7, 11) is 1.62. The number of carbonyl (C=O) groups is 1. The van der Waals surface area contributed by atoms with Crippen molar-refractivity contribution in [3.8, 4) is 5.75 Å². The molecule has 0 saturated carbocycles. The van der Waals surface area contributed by atoms with Crippen LogP contribution < -0.4 is 4.74 Å². The van der Waals surface area contributed by atoms with E-state index in [-0.39, 0.29) is 18.4 Å². The summed E-state index contributed by atoms with van der Waals surface area (Å²) < 4.78 is 18.7. The Bertz CT molecular complexity index is 878. The Balaban J connectivity index is 1.57. The molecule has 1 N–H and O–H groups in total. The Morgan fingerprint density at radius 3 is 2.61 bits per heavy atom.